The Kier molecular flexibility index (Phi) is 7.43. The van der Waals surface area contributed by atoms with E-state index in [-0.39, 0.29) is 16.6 Å². The molecule has 0 spiro atoms. The number of benzene rings is 3. The van der Waals surface area contributed by atoms with Crippen LogP contribution in [0.15, 0.2) is 82.6 Å². The monoisotopic (exact) mass is 458 g/mol. The Morgan fingerprint density at radius 3 is 2.29 bits per heavy atom. The molecule has 7 nitrogen and oxygen atoms in total. The van der Waals surface area contributed by atoms with E-state index in [1.807, 2.05) is 0 Å². The van der Waals surface area contributed by atoms with Gasteiger partial charge in [0.05, 0.1) is 30.6 Å². The predicted molar refractivity (Wildman–Crippen MR) is 123 cm³/mol. The van der Waals surface area contributed by atoms with Gasteiger partial charge < -0.3 is 14.8 Å². The van der Waals surface area contributed by atoms with Crippen LogP contribution in [-0.4, -0.2) is 34.3 Å². The fraction of sp³-hybridized carbons (Fsp3) is 0.136. The van der Waals surface area contributed by atoms with Gasteiger partial charge in [-0.25, -0.2) is 8.42 Å². The number of methoxy groups -OCH3 is 2. The number of anilines is 2. The minimum atomic E-state index is -3.64. The number of carbonyl (C=O) groups excluding carboxylic acids is 1. The predicted octanol–water partition coefficient (Wildman–Crippen LogP) is 4.24. The lowest BCUT2D eigenvalue weighted by Gasteiger charge is -2.12. The second-order valence-electron chi connectivity index (χ2n) is 6.35. The molecule has 9 heteroatoms. The van der Waals surface area contributed by atoms with Crippen LogP contribution < -0.4 is 19.5 Å². The first-order chi connectivity index (χ1) is 14.9. The van der Waals surface area contributed by atoms with Gasteiger partial charge in [0, 0.05) is 16.6 Å². The first-order valence-electron chi connectivity index (χ1n) is 9.24. The van der Waals surface area contributed by atoms with Crippen LogP contribution in [0.4, 0.5) is 11.4 Å². The molecule has 0 aliphatic heterocycles. The fourth-order valence-electron chi connectivity index (χ4n) is 2.68. The molecule has 0 aromatic heterocycles. The molecule has 0 aliphatic carbocycles. The van der Waals surface area contributed by atoms with Gasteiger partial charge in [0.15, 0.2) is 0 Å². The van der Waals surface area contributed by atoms with E-state index >= 15 is 0 Å². The molecule has 0 radical (unpaired) electrons. The van der Waals surface area contributed by atoms with Gasteiger partial charge in [-0.15, -0.1) is 11.8 Å². The van der Waals surface area contributed by atoms with Gasteiger partial charge in [-0.2, -0.15) is 0 Å². The third kappa shape index (κ3) is 6.16. The standard InChI is InChI=1S/C22H22N2O5S2/c1-28-17-10-13-21(29-2)20(14-17)23-22(25)15-30-18-11-8-16(9-12-18)24-31(26,27)19-6-4-3-5-7-19/h3-14,24H,15H2,1-2H3,(H,23,25). The first kappa shape index (κ1) is 22.5. The number of amides is 1. The smallest absolute Gasteiger partial charge is 0.261 e. The molecule has 3 aromatic carbocycles. The second kappa shape index (κ2) is 10.2. The van der Waals surface area contributed by atoms with E-state index in [1.54, 1.807) is 67.8 Å². The number of rotatable bonds is 9. The van der Waals surface area contributed by atoms with E-state index in [2.05, 4.69) is 10.0 Å². The van der Waals surface area contributed by atoms with Crippen LogP contribution >= 0.6 is 11.8 Å². The van der Waals surface area contributed by atoms with Crippen molar-refractivity contribution in [3.8, 4) is 11.5 Å². The molecular formula is C22H22N2O5S2. The van der Waals surface area contributed by atoms with E-state index in [4.69, 9.17) is 9.47 Å². The Balaban J connectivity index is 1.58. The Bertz CT molecular complexity index is 1130. The van der Waals surface area contributed by atoms with Crippen molar-refractivity contribution in [2.75, 3.05) is 30.0 Å². The molecule has 2 N–H and O–H groups in total. The minimum Gasteiger partial charge on any atom is -0.497 e. The van der Waals surface area contributed by atoms with Crippen molar-refractivity contribution in [2.24, 2.45) is 0 Å². The lowest BCUT2D eigenvalue weighted by molar-refractivity contribution is -0.113. The summed E-state index contributed by atoms with van der Waals surface area (Å²) in [5, 5.41) is 2.81. The number of thioether (sulfide) groups is 1. The molecule has 0 saturated carbocycles. The first-order valence-corrected chi connectivity index (χ1v) is 11.7. The summed E-state index contributed by atoms with van der Waals surface area (Å²) in [6.07, 6.45) is 0. The van der Waals surface area contributed by atoms with Gasteiger partial charge in [-0.3, -0.25) is 9.52 Å². The molecular weight excluding hydrogens is 436 g/mol. The van der Waals surface area contributed by atoms with Gasteiger partial charge in [0.25, 0.3) is 10.0 Å². The van der Waals surface area contributed by atoms with Gasteiger partial charge >= 0.3 is 0 Å². The zero-order valence-electron chi connectivity index (χ0n) is 17.0. The summed E-state index contributed by atoms with van der Waals surface area (Å²) in [6.45, 7) is 0. The van der Waals surface area contributed by atoms with Crippen molar-refractivity contribution in [1.29, 1.82) is 0 Å². The molecule has 31 heavy (non-hydrogen) atoms. The Morgan fingerprint density at radius 1 is 0.935 bits per heavy atom. The van der Waals surface area contributed by atoms with E-state index in [1.165, 1.54) is 31.0 Å². The largest absolute Gasteiger partial charge is 0.497 e. The Labute approximate surface area is 185 Å². The number of carbonyl (C=O) groups is 1. The van der Waals surface area contributed by atoms with Gasteiger partial charge in [-0.1, -0.05) is 18.2 Å². The molecule has 0 saturated heterocycles. The van der Waals surface area contributed by atoms with Crippen LogP contribution in [0.5, 0.6) is 11.5 Å². The van der Waals surface area contributed by atoms with Gasteiger partial charge in [0.1, 0.15) is 11.5 Å². The zero-order valence-corrected chi connectivity index (χ0v) is 18.6. The molecule has 162 valence electrons. The van der Waals surface area contributed by atoms with Crippen molar-refractivity contribution in [2.45, 2.75) is 9.79 Å². The van der Waals surface area contributed by atoms with Crippen LogP contribution in [0, 0.1) is 0 Å². The highest BCUT2D eigenvalue weighted by Crippen LogP contribution is 2.29. The maximum Gasteiger partial charge on any atom is 0.261 e. The topological polar surface area (TPSA) is 93.7 Å². The summed E-state index contributed by atoms with van der Waals surface area (Å²) in [6, 6.07) is 20.1. The van der Waals surface area contributed by atoms with Gasteiger partial charge in [-0.05, 0) is 48.5 Å². The van der Waals surface area contributed by atoms with Crippen LogP contribution in [0.1, 0.15) is 0 Å². The summed E-state index contributed by atoms with van der Waals surface area (Å²) < 4.78 is 37.7. The summed E-state index contributed by atoms with van der Waals surface area (Å²) in [4.78, 5) is 13.4. The van der Waals surface area contributed by atoms with E-state index in [0.29, 0.717) is 22.9 Å². The van der Waals surface area contributed by atoms with Crippen LogP contribution in [0.3, 0.4) is 0 Å². The minimum absolute atomic E-state index is 0.176. The van der Waals surface area contributed by atoms with Crippen molar-refractivity contribution in [1.82, 2.24) is 0 Å². The quantitative estimate of drug-likeness (QED) is 0.466. The molecule has 1 amide bonds. The normalized spacial score (nSPS) is 10.9. The average molecular weight is 459 g/mol. The third-order valence-electron chi connectivity index (χ3n) is 4.21. The molecule has 0 unspecified atom stereocenters. The van der Waals surface area contributed by atoms with E-state index in [0.717, 1.165) is 4.90 Å². The van der Waals surface area contributed by atoms with Crippen LogP contribution in [0.2, 0.25) is 0 Å². The van der Waals surface area contributed by atoms with E-state index < -0.39 is 10.0 Å². The van der Waals surface area contributed by atoms with Crippen molar-refractivity contribution in [3.63, 3.8) is 0 Å². The number of ether oxygens (including phenoxy) is 2. The van der Waals surface area contributed by atoms with Crippen molar-refractivity contribution >= 4 is 39.1 Å². The molecule has 3 aromatic rings. The average Bonchev–Trinajstić information content (AvgIpc) is 2.79. The fourth-order valence-corrected chi connectivity index (χ4v) is 4.46. The van der Waals surface area contributed by atoms with Crippen molar-refractivity contribution < 1.29 is 22.7 Å². The third-order valence-corrected chi connectivity index (χ3v) is 6.62. The SMILES string of the molecule is COc1ccc(OC)c(NC(=O)CSc2ccc(NS(=O)(=O)c3ccccc3)cc2)c1. The van der Waals surface area contributed by atoms with E-state index in [9.17, 15) is 13.2 Å². The van der Waals surface area contributed by atoms with Gasteiger partial charge in [0.2, 0.25) is 5.91 Å². The highest BCUT2D eigenvalue weighted by molar-refractivity contribution is 8.00. The van der Waals surface area contributed by atoms with Crippen molar-refractivity contribution in [3.05, 3.63) is 72.8 Å². The maximum atomic E-state index is 12.4. The highest BCUT2D eigenvalue weighted by atomic mass is 32.2. The lowest BCUT2D eigenvalue weighted by Crippen LogP contribution is -2.14. The Hall–Kier alpha value is -3.17. The lowest BCUT2D eigenvalue weighted by atomic mass is 10.2. The van der Waals surface area contributed by atoms with Crippen LogP contribution in [-0.2, 0) is 14.8 Å². The molecule has 0 fully saturated rings. The molecule has 0 bridgehead atoms. The molecule has 0 aliphatic rings. The number of hydrogen-bond donors (Lipinski definition) is 2. The number of nitrogens with one attached hydrogen (secondary N) is 2. The number of sulfonamides is 1. The number of hydrogen-bond acceptors (Lipinski definition) is 6. The maximum absolute atomic E-state index is 12.4. The summed E-state index contributed by atoms with van der Waals surface area (Å²) >= 11 is 1.33. The Morgan fingerprint density at radius 2 is 1.65 bits per heavy atom. The summed E-state index contributed by atoms with van der Waals surface area (Å²) in [5.74, 6) is 1.12. The zero-order chi connectivity index (χ0) is 22.3. The summed E-state index contributed by atoms with van der Waals surface area (Å²) in [5.41, 5.74) is 0.969. The molecule has 0 atom stereocenters. The second-order valence-corrected chi connectivity index (χ2v) is 9.08. The molecule has 3 rings (SSSR count). The highest BCUT2D eigenvalue weighted by Gasteiger charge is 2.14. The summed E-state index contributed by atoms with van der Waals surface area (Å²) in [7, 11) is -0.566. The molecule has 0 heterocycles. The van der Waals surface area contributed by atoms with Crippen LogP contribution in [0.25, 0.3) is 0 Å².